The summed E-state index contributed by atoms with van der Waals surface area (Å²) in [5, 5.41) is 0.555. The molecule has 1 aliphatic rings. The minimum absolute atomic E-state index is 0.228. The second-order valence-corrected chi connectivity index (χ2v) is 7.88. The third kappa shape index (κ3) is 3.56. The normalized spacial score (nSPS) is 18.0. The van der Waals surface area contributed by atoms with E-state index >= 15 is 0 Å². The maximum atomic E-state index is 13.3. The van der Waals surface area contributed by atoms with Gasteiger partial charge in [0.2, 0.25) is 0 Å². The van der Waals surface area contributed by atoms with Crippen molar-refractivity contribution in [1.82, 2.24) is 0 Å². The topological polar surface area (TPSA) is 44.8 Å². The number of benzene rings is 1. The molecular formula is C19H25O4P. The monoisotopic (exact) mass is 348 g/mol. The summed E-state index contributed by atoms with van der Waals surface area (Å²) in [6.07, 6.45) is 3.88. The van der Waals surface area contributed by atoms with Crippen LogP contribution in [0.3, 0.4) is 0 Å². The molecule has 1 atom stereocenters. The molecule has 0 saturated heterocycles. The molecule has 4 nitrogen and oxygen atoms in total. The molecule has 0 fully saturated rings. The van der Waals surface area contributed by atoms with Gasteiger partial charge in [-0.25, -0.2) is 0 Å². The molecular weight excluding hydrogens is 323 g/mol. The first-order chi connectivity index (χ1) is 11.5. The number of rotatable bonds is 6. The van der Waals surface area contributed by atoms with Crippen molar-refractivity contribution in [3.05, 3.63) is 70.3 Å². The molecule has 2 rings (SSSR count). The van der Waals surface area contributed by atoms with Crippen LogP contribution in [0, 0.1) is 0 Å². The summed E-state index contributed by atoms with van der Waals surface area (Å²) < 4.78 is 29.7. The lowest BCUT2D eigenvalue weighted by Gasteiger charge is -2.31. The second-order valence-electron chi connectivity index (χ2n) is 5.68. The summed E-state index contributed by atoms with van der Waals surface area (Å²) in [7, 11) is -0.660. The first-order valence-electron chi connectivity index (χ1n) is 7.98. The lowest BCUT2D eigenvalue weighted by molar-refractivity contribution is 0.232. The van der Waals surface area contributed by atoms with Crippen LogP contribution in [0.25, 0.3) is 0 Å². The first kappa shape index (κ1) is 18.7. The van der Waals surface area contributed by atoms with Gasteiger partial charge >= 0.3 is 7.60 Å². The standard InChI is InChI=1S/C19H25O4P/c1-6-23-17-13-12-16(14(2)3)18(15-10-8-7-9-11-15)19(17)24(20,21-4)22-5/h7-13,18H,6H2,1-5H3. The lowest BCUT2D eigenvalue weighted by Crippen LogP contribution is -2.15. The van der Waals surface area contributed by atoms with E-state index in [-0.39, 0.29) is 5.92 Å². The van der Waals surface area contributed by atoms with Gasteiger partial charge in [-0.05, 0) is 38.0 Å². The zero-order valence-corrected chi connectivity index (χ0v) is 15.8. The van der Waals surface area contributed by atoms with E-state index in [2.05, 4.69) is 0 Å². The predicted molar refractivity (Wildman–Crippen MR) is 97.0 cm³/mol. The molecule has 0 N–H and O–H groups in total. The Bertz CT molecular complexity index is 704. The summed E-state index contributed by atoms with van der Waals surface area (Å²) in [6, 6.07) is 9.94. The van der Waals surface area contributed by atoms with E-state index in [9.17, 15) is 4.57 Å². The molecule has 0 bridgehead atoms. The van der Waals surface area contributed by atoms with Crippen molar-refractivity contribution in [3.8, 4) is 0 Å². The van der Waals surface area contributed by atoms with Crippen molar-refractivity contribution >= 4 is 7.60 Å². The maximum absolute atomic E-state index is 13.3. The molecule has 1 unspecified atom stereocenters. The Morgan fingerprint density at radius 3 is 2.21 bits per heavy atom. The minimum atomic E-state index is -3.47. The molecule has 0 aromatic heterocycles. The van der Waals surface area contributed by atoms with Crippen molar-refractivity contribution in [2.45, 2.75) is 26.7 Å². The Morgan fingerprint density at radius 2 is 1.71 bits per heavy atom. The zero-order valence-electron chi connectivity index (χ0n) is 14.9. The highest BCUT2D eigenvalue weighted by Gasteiger charge is 2.41. The quantitative estimate of drug-likeness (QED) is 0.645. The highest BCUT2D eigenvalue weighted by Crippen LogP contribution is 2.63. The van der Waals surface area contributed by atoms with E-state index in [1.165, 1.54) is 14.2 Å². The molecule has 0 radical (unpaired) electrons. The third-order valence-electron chi connectivity index (χ3n) is 4.04. The SMILES string of the molecule is CCOC1=C(P(=O)(OC)OC)C(c2ccccc2)C(=C(C)C)C=C1. The van der Waals surface area contributed by atoms with Gasteiger partial charge in [-0.1, -0.05) is 42.0 Å². The third-order valence-corrected chi connectivity index (χ3v) is 6.07. The molecule has 130 valence electrons. The fraction of sp³-hybridized carbons (Fsp3) is 0.368. The molecule has 5 heteroatoms. The van der Waals surface area contributed by atoms with Crippen LogP contribution in [0.15, 0.2) is 64.7 Å². The molecule has 1 aromatic carbocycles. The van der Waals surface area contributed by atoms with Crippen molar-refractivity contribution in [2.75, 3.05) is 20.8 Å². The zero-order chi connectivity index (χ0) is 17.7. The van der Waals surface area contributed by atoms with Crippen LogP contribution in [0.4, 0.5) is 0 Å². The summed E-state index contributed by atoms with van der Waals surface area (Å²) in [5.41, 5.74) is 3.25. The smallest absolute Gasteiger partial charge is 0.361 e. The number of allylic oxidation sites excluding steroid dienone is 5. The predicted octanol–water partition coefficient (Wildman–Crippen LogP) is 5.41. The van der Waals surface area contributed by atoms with Crippen LogP contribution >= 0.6 is 7.60 Å². The summed E-state index contributed by atoms with van der Waals surface area (Å²) in [5.74, 6) is 0.330. The highest BCUT2D eigenvalue weighted by molar-refractivity contribution is 7.58. The summed E-state index contributed by atoms with van der Waals surface area (Å²) >= 11 is 0. The van der Waals surface area contributed by atoms with Crippen LogP contribution in [-0.2, 0) is 18.3 Å². The molecule has 0 heterocycles. The van der Waals surface area contributed by atoms with Crippen LogP contribution in [-0.4, -0.2) is 20.8 Å². The van der Waals surface area contributed by atoms with Gasteiger partial charge < -0.3 is 13.8 Å². The summed E-state index contributed by atoms with van der Waals surface area (Å²) in [6.45, 7) is 6.46. The Hall–Kier alpha value is -1.61. The van der Waals surface area contributed by atoms with Crippen LogP contribution < -0.4 is 0 Å². The number of hydrogen-bond acceptors (Lipinski definition) is 4. The molecule has 1 aromatic rings. The average molecular weight is 348 g/mol. The van der Waals surface area contributed by atoms with Crippen molar-refractivity contribution < 1.29 is 18.3 Å². The van der Waals surface area contributed by atoms with Gasteiger partial charge in [0.25, 0.3) is 0 Å². The Labute approximate surface area is 144 Å². The van der Waals surface area contributed by atoms with Gasteiger partial charge in [0.05, 0.1) is 11.9 Å². The fourth-order valence-corrected chi connectivity index (χ4v) is 4.47. The van der Waals surface area contributed by atoms with E-state index in [1.807, 2.05) is 63.3 Å². The van der Waals surface area contributed by atoms with Crippen molar-refractivity contribution in [3.63, 3.8) is 0 Å². The van der Waals surface area contributed by atoms with E-state index in [0.29, 0.717) is 17.7 Å². The Balaban J connectivity index is 2.77. The molecule has 0 spiro atoms. The van der Waals surface area contributed by atoms with E-state index in [0.717, 1.165) is 16.7 Å². The van der Waals surface area contributed by atoms with Gasteiger partial charge in [0.1, 0.15) is 5.76 Å². The van der Waals surface area contributed by atoms with Crippen LogP contribution in [0.2, 0.25) is 0 Å². The molecule has 24 heavy (non-hydrogen) atoms. The highest BCUT2D eigenvalue weighted by atomic mass is 31.2. The van der Waals surface area contributed by atoms with Gasteiger partial charge in [-0.2, -0.15) is 0 Å². The molecule has 0 saturated carbocycles. The van der Waals surface area contributed by atoms with Gasteiger partial charge in [-0.15, -0.1) is 0 Å². The van der Waals surface area contributed by atoms with Crippen molar-refractivity contribution in [2.24, 2.45) is 0 Å². The van der Waals surface area contributed by atoms with Gasteiger partial charge in [-0.3, -0.25) is 4.57 Å². The molecule has 0 aliphatic heterocycles. The molecule has 1 aliphatic carbocycles. The van der Waals surface area contributed by atoms with E-state index in [4.69, 9.17) is 13.8 Å². The Kier molecular flexibility index (Phi) is 6.22. The maximum Gasteiger partial charge on any atom is 0.361 e. The fourth-order valence-electron chi connectivity index (χ4n) is 2.92. The van der Waals surface area contributed by atoms with Crippen LogP contribution in [0.5, 0.6) is 0 Å². The van der Waals surface area contributed by atoms with Crippen molar-refractivity contribution in [1.29, 1.82) is 0 Å². The summed E-state index contributed by atoms with van der Waals surface area (Å²) in [4.78, 5) is 0. The second kappa shape index (κ2) is 7.98. The largest absolute Gasteiger partial charge is 0.493 e. The lowest BCUT2D eigenvalue weighted by atomic mass is 9.84. The number of ether oxygens (including phenoxy) is 1. The van der Waals surface area contributed by atoms with Gasteiger partial charge in [0, 0.05) is 20.1 Å². The minimum Gasteiger partial charge on any atom is -0.493 e. The molecule has 0 amide bonds. The van der Waals surface area contributed by atoms with Crippen LogP contribution in [0.1, 0.15) is 32.3 Å². The number of hydrogen-bond donors (Lipinski definition) is 0. The Morgan fingerprint density at radius 1 is 1.08 bits per heavy atom. The first-order valence-corrected chi connectivity index (χ1v) is 9.52. The van der Waals surface area contributed by atoms with E-state index in [1.54, 1.807) is 0 Å². The average Bonchev–Trinajstić information content (AvgIpc) is 2.61. The van der Waals surface area contributed by atoms with E-state index < -0.39 is 7.60 Å². The van der Waals surface area contributed by atoms with Gasteiger partial charge in [0.15, 0.2) is 0 Å².